The zero-order valence-electron chi connectivity index (χ0n) is 16.6. The molecule has 1 unspecified atom stereocenters. The third-order valence-electron chi connectivity index (χ3n) is 6.14. The molecule has 2 aliphatic heterocycles. The maximum Gasteiger partial charge on any atom is 0.255 e. The number of hydrogen-bond acceptors (Lipinski definition) is 4. The number of aromatic nitrogens is 1. The van der Waals surface area contributed by atoms with Gasteiger partial charge in [-0.2, -0.15) is 0 Å². The van der Waals surface area contributed by atoms with Crippen LogP contribution in [0.5, 0.6) is 5.75 Å². The molecule has 1 spiro atoms. The smallest absolute Gasteiger partial charge is 0.255 e. The quantitative estimate of drug-likeness (QED) is 0.859. The molecule has 4 rings (SSSR count). The van der Waals surface area contributed by atoms with Gasteiger partial charge >= 0.3 is 0 Å². The van der Waals surface area contributed by atoms with E-state index in [4.69, 9.17) is 4.74 Å². The Bertz CT molecular complexity index is 940. The molecule has 1 N–H and O–H groups in total. The molecular formula is C22H26FN3O3. The molecule has 2 aromatic rings. The monoisotopic (exact) mass is 399 g/mol. The molecule has 3 heterocycles. The molecule has 0 bridgehead atoms. The Kier molecular flexibility index (Phi) is 5.41. The molecule has 29 heavy (non-hydrogen) atoms. The van der Waals surface area contributed by atoms with E-state index in [0.717, 1.165) is 32.4 Å². The second-order valence-corrected chi connectivity index (χ2v) is 8.19. The van der Waals surface area contributed by atoms with E-state index in [1.54, 1.807) is 25.3 Å². The highest BCUT2D eigenvalue weighted by molar-refractivity contribution is 5.94. The number of aromatic amines is 1. The molecule has 1 amide bonds. The van der Waals surface area contributed by atoms with E-state index in [0.29, 0.717) is 36.5 Å². The zero-order valence-corrected chi connectivity index (χ0v) is 16.6. The minimum atomic E-state index is -0.216. The van der Waals surface area contributed by atoms with Crippen LogP contribution in [0, 0.1) is 11.2 Å². The van der Waals surface area contributed by atoms with Crippen molar-refractivity contribution in [3.63, 3.8) is 0 Å². The summed E-state index contributed by atoms with van der Waals surface area (Å²) in [5, 5.41) is 0. The highest BCUT2D eigenvalue weighted by atomic mass is 19.1. The fraction of sp³-hybridized carbons (Fsp3) is 0.455. The number of methoxy groups -OCH3 is 1. The maximum absolute atomic E-state index is 14.3. The number of halogens is 1. The van der Waals surface area contributed by atoms with Crippen LogP contribution in [0.15, 0.2) is 41.3 Å². The van der Waals surface area contributed by atoms with Gasteiger partial charge in [-0.05, 0) is 50.1 Å². The van der Waals surface area contributed by atoms with Crippen molar-refractivity contribution in [1.82, 2.24) is 14.8 Å². The van der Waals surface area contributed by atoms with Crippen LogP contribution < -0.4 is 10.3 Å². The molecule has 0 saturated carbocycles. The largest absolute Gasteiger partial charge is 0.497 e. The number of amides is 1. The Morgan fingerprint density at radius 3 is 2.83 bits per heavy atom. The van der Waals surface area contributed by atoms with Crippen molar-refractivity contribution in [3.05, 3.63) is 63.8 Å². The van der Waals surface area contributed by atoms with Crippen molar-refractivity contribution in [3.8, 4) is 5.75 Å². The lowest BCUT2D eigenvalue weighted by molar-refractivity contribution is 0.0673. The van der Waals surface area contributed by atoms with E-state index in [1.165, 1.54) is 18.3 Å². The average molecular weight is 399 g/mol. The molecule has 2 saturated heterocycles. The van der Waals surface area contributed by atoms with E-state index in [-0.39, 0.29) is 22.7 Å². The van der Waals surface area contributed by atoms with Crippen LogP contribution in [0.3, 0.4) is 0 Å². The summed E-state index contributed by atoms with van der Waals surface area (Å²) in [5.74, 6) is 0.396. The highest BCUT2D eigenvalue weighted by Crippen LogP contribution is 2.40. The van der Waals surface area contributed by atoms with Crippen LogP contribution in [0.25, 0.3) is 0 Å². The summed E-state index contributed by atoms with van der Waals surface area (Å²) in [6.45, 7) is 3.71. The summed E-state index contributed by atoms with van der Waals surface area (Å²) in [6.07, 6.45) is 4.53. The number of carbonyl (C=O) groups excluding carboxylic acids is 1. The van der Waals surface area contributed by atoms with Gasteiger partial charge in [0.15, 0.2) is 0 Å². The Labute approximate surface area is 169 Å². The minimum absolute atomic E-state index is 0.0471. The maximum atomic E-state index is 14.3. The average Bonchev–Trinajstić information content (AvgIpc) is 3.13. The predicted molar refractivity (Wildman–Crippen MR) is 107 cm³/mol. The number of piperidine rings is 1. The number of hydrogen-bond donors (Lipinski definition) is 1. The molecule has 2 aliphatic rings. The van der Waals surface area contributed by atoms with Gasteiger partial charge < -0.3 is 14.6 Å². The van der Waals surface area contributed by atoms with Crippen molar-refractivity contribution < 1.29 is 13.9 Å². The van der Waals surface area contributed by atoms with Gasteiger partial charge in [0.1, 0.15) is 11.6 Å². The third kappa shape index (κ3) is 4.19. The molecule has 0 radical (unpaired) electrons. The van der Waals surface area contributed by atoms with Crippen LogP contribution in [0.1, 0.15) is 35.2 Å². The zero-order chi connectivity index (χ0) is 20.4. The fourth-order valence-electron chi connectivity index (χ4n) is 4.65. The number of likely N-dealkylation sites (tertiary alicyclic amines) is 2. The number of benzene rings is 1. The third-order valence-corrected chi connectivity index (χ3v) is 6.14. The first-order valence-corrected chi connectivity index (χ1v) is 10.0. The first kappa shape index (κ1) is 19.6. The number of rotatable bonds is 4. The number of ether oxygens (including phenoxy) is 1. The number of H-pyrrole nitrogens is 1. The van der Waals surface area contributed by atoms with Crippen molar-refractivity contribution >= 4 is 5.91 Å². The van der Waals surface area contributed by atoms with Gasteiger partial charge in [0.05, 0.1) is 12.7 Å². The number of pyridine rings is 1. The van der Waals surface area contributed by atoms with Gasteiger partial charge in [0.25, 0.3) is 5.91 Å². The second kappa shape index (κ2) is 7.99. The fourth-order valence-corrected chi connectivity index (χ4v) is 4.65. The standard InChI is InChI=1S/C22H26FN3O3/c1-29-18-4-5-19(23)17(11-18)13-25-9-2-7-22(14-25)8-10-26(15-22)21(28)16-3-6-20(27)24-12-16/h3-6,11-12H,2,7-10,13-15H2,1H3,(H,24,27). The summed E-state index contributed by atoms with van der Waals surface area (Å²) in [7, 11) is 1.58. The molecule has 6 nitrogen and oxygen atoms in total. The predicted octanol–water partition coefficient (Wildman–Crippen LogP) is 2.65. The van der Waals surface area contributed by atoms with Crippen molar-refractivity contribution in [2.75, 3.05) is 33.3 Å². The molecule has 2 fully saturated rings. The lowest BCUT2D eigenvalue weighted by atomic mass is 9.79. The van der Waals surface area contributed by atoms with Gasteiger partial charge in [-0.25, -0.2) is 4.39 Å². The Morgan fingerprint density at radius 1 is 1.21 bits per heavy atom. The normalized spacial score (nSPS) is 22.2. The lowest BCUT2D eigenvalue weighted by Crippen LogP contribution is -2.45. The van der Waals surface area contributed by atoms with E-state index in [1.807, 2.05) is 4.90 Å². The Balaban J connectivity index is 1.43. The molecule has 1 aromatic carbocycles. The number of nitrogens with one attached hydrogen (secondary N) is 1. The molecule has 1 atom stereocenters. The van der Waals surface area contributed by atoms with Crippen LogP contribution in [0.2, 0.25) is 0 Å². The Hall–Kier alpha value is -2.67. The highest BCUT2D eigenvalue weighted by Gasteiger charge is 2.42. The van der Waals surface area contributed by atoms with Gasteiger partial charge in [-0.3, -0.25) is 14.5 Å². The summed E-state index contributed by atoms with van der Waals surface area (Å²) in [4.78, 5) is 30.8. The van der Waals surface area contributed by atoms with E-state index in [2.05, 4.69) is 9.88 Å². The summed E-state index contributed by atoms with van der Waals surface area (Å²) in [6, 6.07) is 7.80. The van der Waals surface area contributed by atoms with Crippen molar-refractivity contribution in [1.29, 1.82) is 0 Å². The molecule has 7 heteroatoms. The second-order valence-electron chi connectivity index (χ2n) is 8.19. The minimum Gasteiger partial charge on any atom is -0.497 e. The van der Waals surface area contributed by atoms with E-state index in [9.17, 15) is 14.0 Å². The van der Waals surface area contributed by atoms with E-state index < -0.39 is 0 Å². The topological polar surface area (TPSA) is 65.6 Å². The Morgan fingerprint density at radius 2 is 2.07 bits per heavy atom. The van der Waals surface area contributed by atoms with Gasteiger partial charge in [0, 0.05) is 49.4 Å². The molecular weight excluding hydrogens is 373 g/mol. The van der Waals surface area contributed by atoms with Gasteiger partial charge in [-0.1, -0.05) is 0 Å². The van der Waals surface area contributed by atoms with Crippen molar-refractivity contribution in [2.45, 2.75) is 25.8 Å². The van der Waals surface area contributed by atoms with Crippen LogP contribution >= 0.6 is 0 Å². The number of nitrogens with zero attached hydrogens (tertiary/aromatic N) is 2. The summed E-state index contributed by atoms with van der Waals surface area (Å²) in [5.41, 5.74) is 0.978. The van der Waals surface area contributed by atoms with Crippen LogP contribution in [0.4, 0.5) is 4.39 Å². The summed E-state index contributed by atoms with van der Waals surface area (Å²) >= 11 is 0. The molecule has 0 aliphatic carbocycles. The summed E-state index contributed by atoms with van der Waals surface area (Å²) < 4.78 is 19.5. The first-order chi connectivity index (χ1) is 14.0. The first-order valence-electron chi connectivity index (χ1n) is 10.0. The number of carbonyl (C=O) groups is 1. The molecule has 154 valence electrons. The van der Waals surface area contributed by atoms with Gasteiger partial charge in [-0.15, -0.1) is 0 Å². The molecule has 1 aromatic heterocycles. The lowest BCUT2D eigenvalue weighted by Gasteiger charge is -2.40. The van der Waals surface area contributed by atoms with Crippen molar-refractivity contribution in [2.24, 2.45) is 5.41 Å². The SMILES string of the molecule is COc1ccc(F)c(CN2CCCC3(CCN(C(=O)c4ccc(=O)[nH]c4)C3)C2)c1. The van der Waals surface area contributed by atoms with Gasteiger partial charge in [0.2, 0.25) is 5.56 Å². The van der Waals surface area contributed by atoms with E-state index >= 15 is 0 Å². The van der Waals surface area contributed by atoms with Crippen LogP contribution in [-0.2, 0) is 6.54 Å². The van der Waals surface area contributed by atoms with Crippen LogP contribution in [-0.4, -0.2) is 54.0 Å².